The van der Waals surface area contributed by atoms with Crippen LogP contribution in [0, 0.1) is 11.6 Å². The van der Waals surface area contributed by atoms with Gasteiger partial charge in [-0.1, -0.05) is 31.2 Å². The van der Waals surface area contributed by atoms with Crippen LogP contribution in [0.15, 0.2) is 72.4 Å². The second-order valence-electron chi connectivity index (χ2n) is 7.15. The van der Waals surface area contributed by atoms with E-state index >= 15 is 0 Å². The van der Waals surface area contributed by atoms with Crippen molar-refractivity contribution in [3.05, 3.63) is 101 Å². The van der Waals surface area contributed by atoms with Gasteiger partial charge >= 0.3 is 0 Å². The molecule has 162 valence electrons. The minimum absolute atomic E-state index is 0.182. The van der Waals surface area contributed by atoms with E-state index < -0.39 is 0 Å². The van der Waals surface area contributed by atoms with Gasteiger partial charge in [-0.15, -0.1) is 11.3 Å². The van der Waals surface area contributed by atoms with Gasteiger partial charge in [0, 0.05) is 24.3 Å². The minimum atomic E-state index is -0.373. The second kappa shape index (κ2) is 9.74. The summed E-state index contributed by atoms with van der Waals surface area (Å²) in [6.07, 6.45) is 3.82. The van der Waals surface area contributed by atoms with E-state index in [0.717, 1.165) is 5.56 Å². The fraction of sp³-hybridized carbons (Fsp3) is 0.167. The first kappa shape index (κ1) is 21.7. The van der Waals surface area contributed by atoms with Crippen molar-refractivity contribution >= 4 is 17.2 Å². The van der Waals surface area contributed by atoms with E-state index in [-0.39, 0.29) is 35.8 Å². The van der Waals surface area contributed by atoms with Crippen LogP contribution in [0.1, 0.15) is 41.0 Å². The first-order valence-electron chi connectivity index (χ1n) is 10.1. The molecule has 8 heteroatoms. The summed E-state index contributed by atoms with van der Waals surface area (Å²) in [5.41, 5.74) is 1.70. The molecule has 0 N–H and O–H groups in total. The minimum Gasteiger partial charge on any atom is -0.326 e. The van der Waals surface area contributed by atoms with Gasteiger partial charge in [0.05, 0.1) is 6.04 Å². The number of hydrogen-bond acceptors (Lipinski definition) is 5. The van der Waals surface area contributed by atoms with Gasteiger partial charge in [-0.25, -0.2) is 23.7 Å². The van der Waals surface area contributed by atoms with Crippen LogP contribution in [0.2, 0.25) is 0 Å². The molecule has 1 unspecified atom stereocenters. The van der Waals surface area contributed by atoms with Crippen LogP contribution >= 0.6 is 11.3 Å². The van der Waals surface area contributed by atoms with E-state index in [1.54, 1.807) is 53.0 Å². The summed E-state index contributed by atoms with van der Waals surface area (Å²) in [7, 11) is 0. The van der Waals surface area contributed by atoms with E-state index in [0.29, 0.717) is 22.8 Å². The molecule has 32 heavy (non-hydrogen) atoms. The molecule has 0 spiro atoms. The van der Waals surface area contributed by atoms with Crippen molar-refractivity contribution in [1.82, 2.24) is 19.9 Å². The second-order valence-corrected chi connectivity index (χ2v) is 8.01. The molecule has 4 aromatic rings. The Morgan fingerprint density at radius 3 is 2.47 bits per heavy atom. The SMILES string of the molecule is CCC(c1ccc(F)cc1)N(Cc1cccc(F)c1)C(=O)c1csc(-c2ncccn2)n1. The van der Waals surface area contributed by atoms with Crippen LogP contribution in [0.3, 0.4) is 0 Å². The predicted octanol–water partition coefficient (Wildman–Crippen LogP) is 5.67. The fourth-order valence-electron chi connectivity index (χ4n) is 3.51. The van der Waals surface area contributed by atoms with Gasteiger partial charge in [-0.05, 0) is 47.9 Å². The summed E-state index contributed by atoms with van der Waals surface area (Å²) in [5, 5.41) is 2.21. The topological polar surface area (TPSA) is 59.0 Å². The molecule has 0 aliphatic heterocycles. The van der Waals surface area contributed by atoms with Crippen LogP contribution in [-0.4, -0.2) is 25.8 Å². The highest BCUT2D eigenvalue weighted by Crippen LogP contribution is 2.29. The largest absolute Gasteiger partial charge is 0.326 e. The summed E-state index contributed by atoms with van der Waals surface area (Å²) < 4.78 is 27.3. The first-order chi connectivity index (χ1) is 15.5. The molecule has 0 saturated carbocycles. The summed E-state index contributed by atoms with van der Waals surface area (Å²) in [6, 6.07) is 13.6. The molecule has 2 aromatic carbocycles. The van der Waals surface area contributed by atoms with E-state index in [9.17, 15) is 13.6 Å². The molecule has 2 heterocycles. The van der Waals surface area contributed by atoms with Gasteiger partial charge in [0.25, 0.3) is 5.91 Å². The van der Waals surface area contributed by atoms with Crippen molar-refractivity contribution < 1.29 is 13.6 Å². The third-order valence-electron chi connectivity index (χ3n) is 5.00. The highest BCUT2D eigenvalue weighted by molar-refractivity contribution is 7.13. The number of rotatable bonds is 7. The average molecular weight is 451 g/mol. The van der Waals surface area contributed by atoms with Gasteiger partial charge in [0.15, 0.2) is 10.8 Å². The Kier molecular flexibility index (Phi) is 6.61. The van der Waals surface area contributed by atoms with E-state index in [4.69, 9.17) is 0 Å². The van der Waals surface area contributed by atoms with Crippen molar-refractivity contribution in [3.8, 4) is 10.8 Å². The van der Waals surface area contributed by atoms with Gasteiger partial charge in [-0.2, -0.15) is 0 Å². The van der Waals surface area contributed by atoms with E-state index in [1.807, 2.05) is 6.92 Å². The molecule has 0 radical (unpaired) electrons. The van der Waals surface area contributed by atoms with Crippen molar-refractivity contribution in [2.75, 3.05) is 0 Å². The summed E-state index contributed by atoms with van der Waals surface area (Å²) >= 11 is 1.28. The summed E-state index contributed by atoms with van der Waals surface area (Å²) in [6.45, 7) is 2.13. The van der Waals surface area contributed by atoms with Crippen molar-refractivity contribution in [3.63, 3.8) is 0 Å². The zero-order valence-electron chi connectivity index (χ0n) is 17.3. The molecule has 0 saturated heterocycles. The zero-order chi connectivity index (χ0) is 22.5. The highest BCUT2D eigenvalue weighted by atomic mass is 32.1. The molecule has 5 nitrogen and oxygen atoms in total. The predicted molar refractivity (Wildman–Crippen MR) is 119 cm³/mol. The fourth-order valence-corrected chi connectivity index (χ4v) is 4.25. The number of carbonyl (C=O) groups is 1. The lowest BCUT2D eigenvalue weighted by Crippen LogP contribution is -2.34. The van der Waals surface area contributed by atoms with Crippen LogP contribution in [0.4, 0.5) is 8.78 Å². The molecule has 2 aromatic heterocycles. The maximum Gasteiger partial charge on any atom is 0.274 e. The Bertz CT molecular complexity index is 1200. The standard InChI is InChI=1S/C24H20F2N4OS/c1-2-21(17-7-9-18(25)10-8-17)30(14-16-5-3-6-19(26)13-16)24(31)20-15-32-23(29-20)22-27-11-4-12-28-22/h3-13,15,21H,2,14H2,1H3. The number of halogens is 2. The number of carbonyl (C=O) groups excluding carboxylic acids is 1. The number of amides is 1. The normalized spacial score (nSPS) is 11.8. The van der Waals surface area contributed by atoms with E-state index in [1.165, 1.54) is 35.6 Å². The summed E-state index contributed by atoms with van der Waals surface area (Å²) in [5.74, 6) is -0.580. The number of thiazole rings is 1. The molecular formula is C24H20F2N4OS. The number of aromatic nitrogens is 3. The van der Waals surface area contributed by atoms with Crippen LogP contribution in [0.25, 0.3) is 10.8 Å². The smallest absolute Gasteiger partial charge is 0.274 e. The third-order valence-corrected chi connectivity index (χ3v) is 5.84. The Labute approximate surface area is 188 Å². The molecule has 0 bridgehead atoms. The number of benzene rings is 2. The number of hydrogen-bond donors (Lipinski definition) is 0. The summed E-state index contributed by atoms with van der Waals surface area (Å²) in [4.78, 5) is 28.1. The van der Waals surface area contributed by atoms with Crippen LogP contribution < -0.4 is 0 Å². The Hall–Kier alpha value is -3.52. The lowest BCUT2D eigenvalue weighted by molar-refractivity contribution is 0.0647. The highest BCUT2D eigenvalue weighted by Gasteiger charge is 2.27. The Morgan fingerprint density at radius 2 is 1.78 bits per heavy atom. The molecule has 0 aliphatic carbocycles. The van der Waals surface area contributed by atoms with Gasteiger partial charge < -0.3 is 4.90 Å². The third kappa shape index (κ3) is 4.86. The quantitative estimate of drug-likeness (QED) is 0.364. The maximum absolute atomic E-state index is 13.8. The van der Waals surface area contributed by atoms with Crippen LogP contribution in [-0.2, 0) is 6.54 Å². The Morgan fingerprint density at radius 1 is 1.03 bits per heavy atom. The van der Waals surface area contributed by atoms with Gasteiger partial charge in [0.1, 0.15) is 17.3 Å². The molecule has 0 fully saturated rings. The Balaban J connectivity index is 1.70. The van der Waals surface area contributed by atoms with Crippen molar-refractivity contribution in [2.45, 2.75) is 25.9 Å². The van der Waals surface area contributed by atoms with E-state index in [2.05, 4.69) is 15.0 Å². The zero-order valence-corrected chi connectivity index (χ0v) is 18.1. The van der Waals surface area contributed by atoms with Crippen molar-refractivity contribution in [2.24, 2.45) is 0 Å². The van der Waals surface area contributed by atoms with Crippen LogP contribution in [0.5, 0.6) is 0 Å². The lowest BCUT2D eigenvalue weighted by Gasteiger charge is -2.31. The average Bonchev–Trinajstić information content (AvgIpc) is 3.31. The maximum atomic E-state index is 13.8. The van der Waals surface area contributed by atoms with Crippen molar-refractivity contribution in [1.29, 1.82) is 0 Å². The monoisotopic (exact) mass is 450 g/mol. The first-order valence-corrected chi connectivity index (χ1v) is 11.0. The van der Waals surface area contributed by atoms with Gasteiger partial charge in [0.2, 0.25) is 0 Å². The molecule has 1 amide bonds. The molecular weight excluding hydrogens is 430 g/mol. The molecule has 4 rings (SSSR count). The lowest BCUT2D eigenvalue weighted by atomic mass is 10.0. The molecule has 1 atom stereocenters. The number of nitrogens with zero attached hydrogens (tertiary/aromatic N) is 4. The van der Waals surface area contributed by atoms with Gasteiger partial charge in [-0.3, -0.25) is 4.79 Å². The molecule has 0 aliphatic rings.